The molecule has 88 valence electrons. The molecular weight excluding hydrogens is 266 g/mol. The summed E-state index contributed by atoms with van der Waals surface area (Å²) in [6.45, 7) is 0.222. The Bertz CT molecular complexity index is 348. The van der Waals surface area contributed by atoms with Crippen LogP contribution in [-0.2, 0) is 0 Å². The van der Waals surface area contributed by atoms with E-state index in [0.29, 0.717) is 0 Å². The first-order valence-corrected chi connectivity index (χ1v) is 6.68. The Balaban J connectivity index is 2.11. The lowest BCUT2D eigenvalue weighted by Gasteiger charge is -2.37. The van der Waals surface area contributed by atoms with E-state index in [0.717, 1.165) is 23.0 Å². The van der Waals surface area contributed by atoms with Gasteiger partial charge in [-0.1, -0.05) is 41.3 Å². The van der Waals surface area contributed by atoms with Gasteiger partial charge in [0, 0.05) is 10.2 Å². The summed E-state index contributed by atoms with van der Waals surface area (Å²) in [5, 5.41) is 13.1. The molecule has 1 aliphatic carbocycles. The van der Waals surface area contributed by atoms with Crippen molar-refractivity contribution in [2.75, 3.05) is 11.9 Å². The fourth-order valence-corrected chi connectivity index (χ4v) is 2.82. The van der Waals surface area contributed by atoms with Crippen molar-refractivity contribution in [3.8, 4) is 0 Å². The molecule has 0 spiro atoms. The van der Waals surface area contributed by atoms with Gasteiger partial charge in [0.15, 0.2) is 0 Å². The number of rotatable bonds is 3. The van der Waals surface area contributed by atoms with Crippen molar-refractivity contribution >= 4 is 21.6 Å². The van der Waals surface area contributed by atoms with E-state index in [2.05, 4.69) is 33.4 Å². The lowest BCUT2D eigenvalue weighted by molar-refractivity contribution is 0.173. The van der Waals surface area contributed by atoms with Crippen molar-refractivity contribution in [2.45, 2.75) is 37.6 Å². The lowest BCUT2D eigenvalue weighted by Crippen LogP contribution is -2.43. The van der Waals surface area contributed by atoms with Crippen molar-refractivity contribution in [3.63, 3.8) is 0 Å². The molecule has 16 heavy (non-hydrogen) atoms. The molecule has 0 saturated heterocycles. The molecule has 0 unspecified atom stereocenters. The molecule has 1 aliphatic rings. The fourth-order valence-electron chi connectivity index (χ4n) is 2.42. The summed E-state index contributed by atoms with van der Waals surface area (Å²) in [7, 11) is 0. The van der Waals surface area contributed by atoms with Crippen LogP contribution in [0.5, 0.6) is 0 Å². The second-order valence-electron chi connectivity index (χ2n) is 4.63. The first-order chi connectivity index (χ1) is 7.74. The highest BCUT2D eigenvalue weighted by atomic mass is 79.9. The molecule has 1 aromatic carbocycles. The van der Waals surface area contributed by atoms with E-state index >= 15 is 0 Å². The Kier molecular flexibility index (Phi) is 3.87. The van der Waals surface area contributed by atoms with Crippen LogP contribution >= 0.6 is 15.9 Å². The highest BCUT2D eigenvalue weighted by Crippen LogP contribution is 2.31. The second-order valence-corrected chi connectivity index (χ2v) is 5.55. The van der Waals surface area contributed by atoms with Gasteiger partial charge < -0.3 is 10.4 Å². The molecule has 0 aliphatic heterocycles. The Hall–Kier alpha value is -0.540. The zero-order valence-electron chi connectivity index (χ0n) is 9.38. The van der Waals surface area contributed by atoms with Gasteiger partial charge in [0.1, 0.15) is 0 Å². The highest BCUT2D eigenvalue weighted by molar-refractivity contribution is 9.10. The monoisotopic (exact) mass is 283 g/mol. The van der Waals surface area contributed by atoms with Crippen LogP contribution in [0, 0.1) is 0 Å². The smallest absolute Gasteiger partial charge is 0.0661 e. The molecule has 2 N–H and O–H groups in total. The molecular formula is C13H18BrNO. The molecule has 1 saturated carbocycles. The second kappa shape index (κ2) is 5.19. The maximum atomic E-state index is 9.60. The van der Waals surface area contributed by atoms with Crippen LogP contribution in [-0.4, -0.2) is 17.3 Å². The Morgan fingerprint density at radius 1 is 1.25 bits per heavy atom. The maximum Gasteiger partial charge on any atom is 0.0661 e. The van der Waals surface area contributed by atoms with Crippen LogP contribution in [0.2, 0.25) is 0 Å². The molecule has 1 fully saturated rings. The zero-order chi connectivity index (χ0) is 11.4. The normalized spacial score (nSPS) is 19.4. The van der Waals surface area contributed by atoms with Gasteiger partial charge in [-0.05, 0) is 31.0 Å². The third kappa shape index (κ3) is 2.77. The summed E-state index contributed by atoms with van der Waals surface area (Å²) in [4.78, 5) is 0. The molecule has 0 radical (unpaired) electrons. The van der Waals surface area contributed by atoms with E-state index in [4.69, 9.17) is 0 Å². The molecule has 0 amide bonds. The SMILES string of the molecule is OCC1(Nc2cccc(Br)c2)CCCCC1. The number of hydrogen-bond acceptors (Lipinski definition) is 2. The minimum Gasteiger partial charge on any atom is -0.394 e. The molecule has 3 heteroatoms. The van der Waals surface area contributed by atoms with Gasteiger partial charge in [-0.15, -0.1) is 0 Å². The number of hydrogen-bond donors (Lipinski definition) is 2. The summed E-state index contributed by atoms with van der Waals surface area (Å²) in [5.74, 6) is 0. The van der Waals surface area contributed by atoms with Crippen LogP contribution in [0.15, 0.2) is 28.7 Å². The summed E-state index contributed by atoms with van der Waals surface area (Å²) >= 11 is 3.46. The van der Waals surface area contributed by atoms with E-state index in [1.165, 1.54) is 19.3 Å². The number of benzene rings is 1. The van der Waals surface area contributed by atoms with Crippen LogP contribution < -0.4 is 5.32 Å². The largest absolute Gasteiger partial charge is 0.394 e. The van der Waals surface area contributed by atoms with E-state index in [1.807, 2.05) is 12.1 Å². The highest BCUT2D eigenvalue weighted by Gasteiger charge is 2.30. The number of aliphatic hydroxyl groups excluding tert-OH is 1. The predicted molar refractivity (Wildman–Crippen MR) is 70.7 cm³/mol. The minimum absolute atomic E-state index is 0.0982. The number of halogens is 1. The van der Waals surface area contributed by atoms with Gasteiger partial charge in [-0.3, -0.25) is 0 Å². The van der Waals surface area contributed by atoms with Crippen molar-refractivity contribution in [1.29, 1.82) is 0 Å². The molecule has 1 aromatic rings. The van der Waals surface area contributed by atoms with Crippen molar-refractivity contribution in [2.24, 2.45) is 0 Å². The average Bonchev–Trinajstić information content (AvgIpc) is 2.30. The standard InChI is InChI=1S/C13H18BrNO/c14-11-5-4-6-12(9-11)15-13(10-16)7-2-1-3-8-13/h4-6,9,15-16H,1-3,7-8,10H2. The summed E-state index contributed by atoms with van der Waals surface area (Å²) < 4.78 is 1.07. The quantitative estimate of drug-likeness (QED) is 0.889. The molecule has 2 rings (SSSR count). The summed E-state index contributed by atoms with van der Waals surface area (Å²) in [6.07, 6.45) is 5.84. The zero-order valence-corrected chi connectivity index (χ0v) is 11.0. The van der Waals surface area contributed by atoms with Crippen LogP contribution in [0.3, 0.4) is 0 Å². The third-order valence-corrected chi connectivity index (χ3v) is 3.84. The van der Waals surface area contributed by atoms with E-state index < -0.39 is 0 Å². The summed E-state index contributed by atoms with van der Waals surface area (Å²) in [5.41, 5.74) is 0.990. The van der Waals surface area contributed by atoms with Crippen molar-refractivity contribution < 1.29 is 5.11 Å². The van der Waals surface area contributed by atoms with E-state index in [1.54, 1.807) is 0 Å². The molecule has 0 atom stereocenters. The van der Waals surface area contributed by atoms with Crippen molar-refractivity contribution in [1.82, 2.24) is 0 Å². The van der Waals surface area contributed by atoms with Crippen LogP contribution in [0.4, 0.5) is 5.69 Å². The predicted octanol–water partition coefficient (Wildman–Crippen LogP) is 3.56. The Labute approximate surface area is 105 Å². The van der Waals surface area contributed by atoms with Gasteiger partial charge in [-0.2, -0.15) is 0 Å². The van der Waals surface area contributed by atoms with Crippen LogP contribution in [0.1, 0.15) is 32.1 Å². The molecule has 0 aromatic heterocycles. The fraction of sp³-hybridized carbons (Fsp3) is 0.538. The van der Waals surface area contributed by atoms with E-state index in [9.17, 15) is 5.11 Å². The topological polar surface area (TPSA) is 32.3 Å². The first kappa shape index (κ1) is 11.9. The maximum absolute atomic E-state index is 9.60. The van der Waals surface area contributed by atoms with Gasteiger partial charge in [0.2, 0.25) is 0 Å². The molecule has 0 bridgehead atoms. The minimum atomic E-state index is -0.0982. The van der Waals surface area contributed by atoms with Gasteiger partial charge in [0.05, 0.1) is 12.1 Å². The van der Waals surface area contributed by atoms with Crippen LogP contribution in [0.25, 0.3) is 0 Å². The van der Waals surface area contributed by atoms with Gasteiger partial charge in [-0.25, -0.2) is 0 Å². The Morgan fingerprint density at radius 2 is 2.00 bits per heavy atom. The molecule has 2 nitrogen and oxygen atoms in total. The third-order valence-electron chi connectivity index (χ3n) is 3.35. The first-order valence-electron chi connectivity index (χ1n) is 5.89. The van der Waals surface area contributed by atoms with E-state index in [-0.39, 0.29) is 12.1 Å². The number of anilines is 1. The van der Waals surface area contributed by atoms with Gasteiger partial charge >= 0.3 is 0 Å². The molecule has 0 heterocycles. The lowest BCUT2D eigenvalue weighted by atomic mass is 9.82. The van der Waals surface area contributed by atoms with Crippen molar-refractivity contribution in [3.05, 3.63) is 28.7 Å². The number of aliphatic hydroxyl groups is 1. The number of nitrogens with one attached hydrogen (secondary N) is 1. The summed E-state index contributed by atoms with van der Waals surface area (Å²) in [6, 6.07) is 8.14. The average molecular weight is 284 g/mol. The Morgan fingerprint density at radius 3 is 2.62 bits per heavy atom. The van der Waals surface area contributed by atoms with Gasteiger partial charge in [0.25, 0.3) is 0 Å².